The van der Waals surface area contributed by atoms with Gasteiger partial charge in [-0.05, 0) is 44.9 Å². The third-order valence-corrected chi connectivity index (χ3v) is 8.49. The van der Waals surface area contributed by atoms with E-state index in [4.69, 9.17) is 9.47 Å². The van der Waals surface area contributed by atoms with Crippen molar-refractivity contribution in [1.29, 1.82) is 0 Å². The second kappa shape index (κ2) is 18.7. The van der Waals surface area contributed by atoms with Gasteiger partial charge in [0.1, 0.15) is 0 Å². The van der Waals surface area contributed by atoms with Crippen LogP contribution in [0.4, 0.5) is 9.59 Å². The fraction of sp³-hybridized carbons (Fsp3) is 0.935. The zero-order valence-corrected chi connectivity index (χ0v) is 24.3. The van der Waals surface area contributed by atoms with Gasteiger partial charge in [-0.25, -0.2) is 9.59 Å². The molecule has 0 aromatic rings. The number of nitrogens with one attached hydrogen (secondary N) is 2. The van der Waals surface area contributed by atoms with Crippen molar-refractivity contribution in [3.63, 3.8) is 0 Å². The van der Waals surface area contributed by atoms with E-state index in [1.807, 2.05) is 0 Å². The van der Waals surface area contributed by atoms with E-state index in [0.29, 0.717) is 13.2 Å². The van der Waals surface area contributed by atoms with Gasteiger partial charge in [0.25, 0.3) is 0 Å². The molecule has 0 saturated heterocycles. The predicted molar refractivity (Wildman–Crippen MR) is 152 cm³/mol. The Morgan fingerprint density at radius 2 is 0.892 bits per heavy atom. The Kier molecular flexibility index (Phi) is 16.1. The summed E-state index contributed by atoms with van der Waals surface area (Å²) < 4.78 is 11.2. The molecule has 0 atom stereocenters. The van der Waals surface area contributed by atoms with E-state index in [1.165, 1.54) is 64.2 Å². The van der Waals surface area contributed by atoms with Gasteiger partial charge >= 0.3 is 12.2 Å². The summed E-state index contributed by atoms with van der Waals surface area (Å²) >= 11 is 0. The number of alkyl carbamates (subject to hydrolysis) is 2. The van der Waals surface area contributed by atoms with Crippen LogP contribution in [0.1, 0.15) is 162 Å². The summed E-state index contributed by atoms with van der Waals surface area (Å²) in [4.78, 5) is 25.7. The molecule has 37 heavy (non-hydrogen) atoms. The van der Waals surface area contributed by atoms with E-state index >= 15 is 0 Å². The molecule has 6 heteroatoms. The molecule has 0 aliphatic heterocycles. The number of amides is 2. The molecule has 6 nitrogen and oxygen atoms in total. The molecule has 0 aromatic heterocycles. The van der Waals surface area contributed by atoms with Crippen LogP contribution in [0.5, 0.6) is 0 Å². The highest BCUT2D eigenvalue weighted by Gasteiger charge is 2.44. The van der Waals surface area contributed by atoms with Crippen molar-refractivity contribution >= 4 is 12.2 Å². The van der Waals surface area contributed by atoms with Crippen LogP contribution in [0.2, 0.25) is 0 Å². The summed E-state index contributed by atoms with van der Waals surface area (Å²) in [6.45, 7) is 5.42. The van der Waals surface area contributed by atoms with Crippen molar-refractivity contribution in [3.8, 4) is 0 Å². The molecule has 0 bridgehead atoms. The van der Waals surface area contributed by atoms with E-state index in [9.17, 15) is 9.59 Å². The molecule has 2 rings (SSSR count). The van der Waals surface area contributed by atoms with Gasteiger partial charge in [0.2, 0.25) is 0 Å². The Morgan fingerprint density at radius 1 is 0.541 bits per heavy atom. The molecule has 2 fully saturated rings. The molecular formula is C31H58N2O4. The van der Waals surface area contributed by atoms with Crippen LogP contribution in [0.15, 0.2) is 0 Å². The zero-order chi connectivity index (χ0) is 26.7. The molecule has 2 aliphatic rings. The Morgan fingerprint density at radius 3 is 1.27 bits per heavy atom. The molecule has 0 heterocycles. The molecule has 2 amide bonds. The van der Waals surface area contributed by atoms with Crippen LogP contribution in [0.25, 0.3) is 0 Å². The Labute approximate surface area is 227 Å². The second-order valence-electron chi connectivity index (χ2n) is 11.9. The SMILES string of the molecule is CCCCCCCCOC(=O)NC1(CC2(NC(=O)OCCCCCCCC)CCCCC2)CCCCC1. The topological polar surface area (TPSA) is 76.7 Å². The van der Waals surface area contributed by atoms with Gasteiger partial charge in [-0.3, -0.25) is 0 Å². The van der Waals surface area contributed by atoms with Gasteiger partial charge in [-0.1, -0.05) is 117 Å². The number of rotatable bonds is 18. The number of hydrogen-bond acceptors (Lipinski definition) is 4. The number of hydrogen-bond donors (Lipinski definition) is 2. The van der Waals surface area contributed by atoms with Crippen molar-refractivity contribution in [1.82, 2.24) is 10.6 Å². The summed E-state index contributed by atoms with van der Waals surface area (Å²) in [5, 5.41) is 6.62. The van der Waals surface area contributed by atoms with Crippen LogP contribution in [0, 0.1) is 0 Å². The summed E-state index contributed by atoms with van der Waals surface area (Å²) in [5.74, 6) is 0. The van der Waals surface area contributed by atoms with Crippen LogP contribution in [0.3, 0.4) is 0 Å². The minimum atomic E-state index is -0.305. The molecule has 0 radical (unpaired) electrons. The predicted octanol–water partition coefficient (Wildman–Crippen LogP) is 8.96. The van der Waals surface area contributed by atoms with E-state index in [1.54, 1.807) is 0 Å². The van der Waals surface area contributed by atoms with E-state index < -0.39 is 0 Å². The minimum Gasteiger partial charge on any atom is -0.450 e. The maximum absolute atomic E-state index is 12.8. The largest absolute Gasteiger partial charge is 0.450 e. The second-order valence-corrected chi connectivity index (χ2v) is 11.9. The van der Waals surface area contributed by atoms with E-state index in [-0.39, 0.29) is 23.3 Å². The molecular weight excluding hydrogens is 464 g/mol. The summed E-state index contributed by atoms with van der Waals surface area (Å²) in [5.41, 5.74) is -0.610. The molecule has 2 saturated carbocycles. The summed E-state index contributed by atoms with van der Waals surface area (Å²) in [6.07, 6.45) is 25.0. The lowest BCUT2D eigenvalue weighted by molar-refractivity contribution is 0.0827. The van der Waals surface area contributed by atoms with Gasteiger partial charge in [-0.2, -0.15) is 0 Å². The van der Waals surface area contributed by atoms with Crippen LogP contribution >= 0.6 is 0 Å². The Bertz CT molecular complexity index is 560. The third kappa shape index (κ3) is 13.2. The van der Waals surface area contributed by atoms with Gasteiger partial charge in [-0.15, -0.1) is 0 Å². The first-order valence-electron chi connectivity index (χ1n) is 15.9. The lowest BCUT2D eigenvalue weighted by Gasteiger charge is -2.47. The minimum absolute atomic E-state index is 0.285. The van der Waals surface area contributed by atoms with Crippen LogP contribution in [-0.2, 0) is 9.47 Å². The molecule has 216 valence electrons. The van der Waals surface area contributed by atoms with Crippen LogP contribution < -0.4 is 10.6 Å². The molecule has 2 N–H and O–H groups in total. The number of carbonyl (C=O) groups is 2. The zero-order valence-electron chi connectivity index (χ0n) is 24.3. The summed E-state index contributed by atoms with van der Waals surface area (Å²) in [6, 6.07) is 0. The first-order chi connectivity index (χ1) is 18.0. The first kappa shape index (κ1) is 31.8. The maximum Gasteiger partial charge on any atom is 0.407 e. The van der Waals surface area contributed by atoms with Gasteiger partial charge in [0.15, 0.2) is 0 Å². The van der Waals surface area contributed by atoms with E-state index in [2.05, 4.69) is 24.5 Å². The average Bonchev–Trinajstić information content (AvgIpc) is 2.88. The normalized spacial score (nSPS) is 18.6. The van der Waals surface area contributed by atoms with Gasteiger partial charge < -0.3 is 20.1 Å². The molecule has 0 spiro atoms. The monoisotopic (exact) mass is 522 g/mol. The van der Waals surface area contributed by atoms with E-state index in [0.717, 1.165) is 83.5 Å². The Balaban J connectivity index is 1.86. The van der Waals surface area contributed by atoms with Crippen molar-refractivity contribution in [2.75, 3.05) is 13.2 Å². The quantitative estimate of drug-likeness (QED) is 0.176. The fourth-order valence-corrected chi connectivity index (χ4v) is 6.40. The number of ether oxygens (including phenoxy) is 2. The number of unbranched alkanes of at least 4 members (excludes halogenated alkanes) is 10. The highest BCUT2D eigenvalue weighted by atomic mass is 16.6. The van der Waals surface area contributed by atoms with Crippen molar-refractivity contribution < 1.29 is 19.1 Å². The van der Waals surface area contributed by atoms with Crippen LogP contribution in [-0.4, -0.2) is 36.5 Å². The molecule has 2 aliphatic carbocycles. The van der Waals surface area contributed by atoms with Crippen molar-refractivity contribution in [2.45, 2.75) is 173 Å². The number of carbonyl (C=O) groups excluding carboxylic acids is 2. The molecule has 0 aromatic carbocycles. The standard InChI is InChI=1S/C31H58N2O4/c1-3-5-7-9-11-19-25-36-28(34)32-30(21-15-13-16-22-30)27-31(23-17-14-18-24-31)33-29(35)37-26-20-12-10-8-6-4-2/h3-27H2,1-2H3,(H,32,34)(H,33,35). The van der Waals surface area contributed by atoms with Crippen molar-refractivity contribution in [3.05, 3.63) is 0 Å². The maximum atomic E-state index is 12.8. The fourth-order valence-electron chi connectivity index (χ4n) is 6.40. The molecule has 0 unspecified atom stereocenters. The average molecular weight is 523 g/mol. The first-order valence-corrected chi connectivity index (χ1v) is 15.9. The smallest absolute Gasteiger partial charge is 0.407 e. The summed E-state index contributed by atoms with van der Waals surface area (Å²) in [7, 11) is 0. The lowest BCUT2D eigenvalue weighted by atomic mass is 9.68. The lowest BCUT2D eigenvalue weighted by Crippen LogP contribution is -2.60. The van der Waals surface area contributed by atoms with Gasteiger partial charge in [0, 0.05) is 11.1 Å². The highest BCUT2D eigenvalue weighted by Crippen LogP contribution is 2.41. The van der Waals surface area contributed by atoms with Crippen molar-refractivity contribution in [2.24, 2.45) is 0 Å². The highest BCUT2D eigenvalue weighted by molar-refractivity contribution is 5.69. The van der Waals surface area contributed by atoms with Gasteiger partial charge in [0.05, 0.1) is 13.2 Å². The Hall–Kier alpha value is -1.46. The third-order valence-electron chi connectivity index (χ3n) is 8.49.